The molecule has 0 aliphatic heterocycles. The minimum atomic E-state index is -4.36. The number of hydrogen-bond acceptors (Lipinski definition) is 5. The molecule has 0 spiro atoms. The van der Waals surface area contributed by atoms with Gasteiger partial charge >= 0.3 is 7.82 Å². The summed E-state index contributed by atoms with van der Waals surface area (Å²) >= 11 is 0. The SMILES string of the molecule is CC/C=C\C/C=C\C/C=C\C/C=C\CCCCCCCCCCCCCCCCCCC(=O)NC(COP(=O)(O)OCC[N+](C)(C)C)C(O)/C=C/CC/C=C/CC/C=C/CCCCCC. The third-order valence-electron chi connectivity index (χ3n) is 11.3. The standard InChI is InChI=1S/C56H101N2O6P/c1-6-8-10-12-14-16-18-20-22-23-24-25-26-27-28-29-30-31-32-33-34-35-36-38-40-42-44-46-48-50-56(60)57-54(53-64-65(61,62)63-52-51-58(3,4)5)55(59)49-47-45-43-41-39-37-21-19-17-15-13-11-9-7-2/h8,10,14,16-17,19-20,22,24-25,39,41,47,49,54-55,59H,6-7,9,11-13,15,18,21,23,26-38,40,42-46,48,50-53H2,1-5H3,(H-,57,60,61,62)/p+1/b10-8-,16-14-,19-17+,22-20-,25-24-,41-39+,49-47+. The highest BCUT2D eigenvalue weighted by atomic mass is 31.2. The van der Waals surface area contributed by atoms with Gasteiger partial charge in [-0.3, -0.25) is 13.8 Å². The zero-order chi connectivity index (χ0) is 47.8. The van der Waals surface area contributed by atoms with Crippen LogP contribution in [0.25, 0.3) is 0 Å². The lowest BCUT2D eigenvalue weighted by Crippen LogP contribution is -2.45. The van der Waals surface area contributed by atoms with E-state index in [-0.39, 0.29) is 19.1 Å². The van der Waals surface area contributed by atoms with E-state index in [1.807, 2.05) is 27.2 Å². The van der Waals surface area contributed by atoms with Crippen molar-refractivity contribution in [2.45, 2.75) is 225 Å². The van der Waals surface area contributed by atoms with Crippen molar-refractivity contribution in [2.24, 2.45) is 0 Å². The van der Waals surface area contributed by atoms with Gasteiger partial charge in [0.15, 0.2) is 0 Å². The minimum absolute atomic E-state index is 0.0508. The molecule has 0 aromatic rings. The molecule has 0 aliphatic rings. The molecule has 3 atom stereocenters. The third kappa shape index (κ3) is 49.4. The molecule has 0 radical (unpaired) electrons. The fourth-order valence-electron chi connectivity index (χ4n) is 7.18. The molecule has 0 aromatic heterocycles. The summed E-state index contributed by atoms with van der Waals surface area (Å²) in [5, 5.41) is 13.8. The van der Waals surface area contributed by atoms with E-state index < -0.39 is 20.0 Å². The Labute approximate surface area is 401 Å². The number of carbonyl (C=O) groups excluding carboxylic acids is 1. The van der Waals surface area contributed by atoms with Crippen molar-refractivity contribution in [3.8, 4) is 0 Å². The van der Waals surface area contributed by atoms with E-state index in [2.05, 4.69) is 92.1 Å². The van der Waals surface area contributed by atoms with Crippen LogP contribution in [0.5, 0.6) is 0 Å². The Balaban J connectivity index is 4.19. The molecule has 0 saturated heterocycles. The number of carbonyl (C=O) groups is 1. The first kappa shape index (κ1) is 62.7. The highest BCUT2D eigenvalue weighted by Gasteiger charge is 2.27. The number of aliphatic hydroxyl groups excluding tert-OH is 1. The summed E-state index contributed by atoms with van der Waals surface area (Å²) < 4.78 is 23.6. The number of quaternary nitrogens is 1. The summed E-state index contributed by atoms with van der Waals surface area (Å²) in [6.07, 6.45) is 65.4. The molecule has 3 unspecified atom stereocenters. The molecular weight excluding hydrogens is 828 g/mol. The summed E-state index contributed by atoms with van der Waals surface area (Å²) in [7, 11) is 1.54. The smallest absolute Gasteiger partial charge is 0.387 e. The summed E-state index contributed by atoms with van der Waals surface area (Å²) in [6.45, 7) is 4.64. The number of phosphoric acid groups is 1. The molecule has 0 aliphatic carbocycles. The highest BCUT2D eigenvalue weighted by Crippen LogP contribution is 2.43. The van der Waals surface area contributed by atoms with E-state index in [1.54, 1.807) is 6.08 Å². The van der Waals surface area contributed by atoms with E-state index in [0.717, 1.165) is 70.6 Å². The maximum Gasteiger partial charge on any atom is 0.472 e. The third-order valence-corrected chi connectivity index (χ3v) is 12.3. The molecule has 3 N–H and O–H groups in total. The summed E-state index contributed by atoms with van der Waals surface area (Å²) in [5.74, 6) is -0.194. The lowest BCUT2D eigenvalue weighted by atomic mass is 10.0. The number of rotatable bonds is 47. The number of likely N-dealkylation sites (N-methyl/N-ethyl adjacent to an activating group) is 1. The van der Waals surface area contributed by atoms with Crippen LogP contribution in [0.3, 0.4) is 0 Å². The molecule has 0 heterocycles. The zero-order valence-corrected chi connectivity index (χ0v) is 43.6. The summed E-state index contributed by atoms with van der Waals surface area (Å²) in [5.41, 5.74) is 0. The Bertz CT molecular complexity index is 1330. The Morgan fingerprint density at radius 1 is 0.538 bits per heavy atom. The van der Waals surface area contributed by atoms with E-state index in [4.69, 9.17) is 9.05 Å². The van der Waals surface area contributed by atoms with Crippen molar-refractivity contribution in [3.63, 3.8) is 0 Å². The van der Waals surface area contributed by atoms with Gasteiger partial charge in [0.2, 0.25) is 5.91 Å². The molecular formula is C56H102N2O6P+. The second kappa shape index (κ2) is 46.8. The predicted octanol–water partition coefficient (Wildman–Crippen LogP) is 15.7. The van der Waals surface area contributed by atoms with Gasteiger partial charge in [0.05, 0.1) is 39.9 Å². The van der Waals surface area contributed by atoms with Gasteiger partial charge < -0.3 is 19.8 Å². The average molecular weight is 930 g/mol. The van der Waals surface area contributed by atoms with Gasteiger partial charge in [0, 0.05) is 6.42 Å². The maximum atomic E-state index is 12.9. The molecule has 0 bridgehead atoms. The number of allylic oxidation sites excluding steroid dienone is 13. The molecule has 0 fully saturated rings. The first-order valence-electron chi connectivity index (χ1n) is 26.5. The van der Waals surface area contributed by atoms with Gasteiger partial charge in [-0.05, 0) is 83.5 Å². The van der Waals surface area contributed by atoms with Crippen molar-refractivity contribution >= 4 is 13.7 Å². The number of aliphatic hydroxyl groups is 1. The van der Waals surface area contributed by atoms with Crippen molar-refractivity contribution in [1.82, 2.24) is 5.32 Å². The van der Waals surface area contributed by atoms with E-state index >= 15 is 0 Å². The van der Waals surface area contributed by atoms with Crippen LogP contribution >= 0.6 is 7.82 Å². The molecule has 8 nitrogen and oxygen atoms in total. The van der Waals surface area contributed by atoms with Crippen LogP contribution in [0, 0.1) is 0 Å². The van der Waals surface area contributed by atoms with Crippen molar-refractivity contribution in [1.29, 1.82) is 0 Å². The Morgan fingerprint density at radius 2 is 0.938 bits per heavy atom. The highest BCUT2D eigenvalue weighted by molar-refractivity contribution is 7.47. The average Bonchev–Trinajstić information content (AvgIpc) is 3.26. The molecule has 9 heteroatoms. The van der Waals surface area contributed by atoms with Crippen LogP contribution < -0.4 is 5.32 Å². The van der Waals surface area contributed by atoms with E-state index in [0.29, 0.717) is 17.4 Å². The Morgan fingerprint density at radius 3 is 1.42 bits per heavy atom. The number of phosphoric ester groups is 1. The van der Waals surface area contributed by atoms with Gasteiger partial charge in [-0.1, -0.05) is 208 Å². The predicted molar refractivity (Wildman–Crippen MR) is 281 cm³/mol. The number of nitrogens with zero attached hydrogens (tertiary/aromatic N) is 1. The van der Waals surface area contributed by atoms with Gasteiger partial charge in [-0.2, -0.15) is 0 Å². The fraction of sp³-hybridized carbons (Fsp3) is 0.732. The van der Waals surface area contributed by atoms with Gasteiger partial charge in [0.1, 0.15) is 13.2 Å². The van der Waals surface area contributed by atoms with Crippen LogP contribution in [0.2, 0.25) is 0 Å². The molecule has 376 valence electrons. The minimum Gasteiger partial charge on any atom is -0.387 e. The van der Waals surface area contributed by atoms with Crippen LogP contribution in [0.4, 0.5) is 0 Å². The largest absolute Gasteiger partial charge is 0.472 e. The van der Waals surface area contributed by atoms with Crippen molar-refractivity contribution < 1.29 is 32.9 Å². The first-order chi connectivity index (χ1) is 31.5. The van der Waals surface area contributed by atoms with E-state index in [9.17, 15) is 19.4 Å². The number of amides is 1. The van der Waals surface area contributed by atoms with Crippen LogP contribution in [-0.4, -0.2) is 73.4 Å². The maximum absolute atomic E-state index is 12.9. The normalized spacial score (nSPS) is 14.8. The molecule has 1 amide bonds. The lowest BCUT2D eigenvalue weighted by Gasteiger charge is -2.25. The number of unbranched alkanes of at least 4 members (excludes halogenated alkanes) is 22. The molecule has 0 saturated carbocycles. The van der Waals surface area contributed by atoms with Crippen molar-refractivity contribution in [2.75, 3.05) is 40.9 Å². The molecule has 65 heavy (non-hydrogen) atoms. The first-order valence-corrected chi connectivity index (χ1v) is 28.0. The second-order valence-corrected chi connectivity index (χ2v) is 20.3. The van der Waals surface area contributed by atoms with Gasteiger partial charge in [-0.15, -0.1) is 0 Å². The molecule has 0 rings (SSSR count). The quantitative estimate of drug-likeness (QED) is 0.0243. The second-order valence-electron chi connectivity index (χ2n) is 18.8. The van der Waals surface area contributed by atoms with Crippen LogP contribution in [-0.2, 0) is 18.4 Å². The molecule has 0 aromatic carbocycles. The van der Waals surface area contributed by atoms with Crippen LogP contribution in [0.1, 0.15) is 213 Å². The monoisotopic (exact) mass is 930 g/mol. The van der Waals surface area contributed by atoms with E-state index in [1.165, 1.54) is 122 Å². The number of hydrogen-bond donors (Lipinski definition) is 3. The van der Waals surface area contributed by atoms with Gasteiger partial charge in [-0.25, -0.2) is 4.57 Å². The van der Waals surface area contributed by atoms with Gasteiger partial charge in [0.25, 0.3) is 0 Å². The Kier molecular flexibility index (Phi) is 45.1. The fourth-order valence-corrected chi connectivity index (χ4v) is 7.92. The topological polar surface area (TPSA) is 105 Å². The summed E-state index contributed by atoms with van der Waals surface area (Å²) in [4.78, 5) is 23.2. The van der Waals surface area contributed by atoms with Crippen LogP contribution in [0.15, 0.2) is 85.1 Å². The lowest BCUT2D eigenvalue weighted by molar-refractivity contribution is -0.870. The Hall–Kier alpha value is -2.32. The number of nitrogens with one attached hydrogen (secondary N) is 1. The summed E-state index contributed by atoms with van der Waals surface area (Å²) in [6, 6.07) is -0.872. The van der Waals surface area contributed by atoms with Crippen molar-refractivity contribution in [3.05, 3.63) is 85.1 Å². The zero-order valence-electron chi connectivity index (χ0n) is 42.7.